The number of carboxylic acids is 1. The van der Waals surface area contributed by atoms with Crippen LogP contribution in [0, 0.1) is 0 Å². The molecule has 4 N–H and O–H groups in total. The molecule has 0 saturated carbocycles. The number of nitrogens with one attached hydrogen (secondary N) is 3. The van der Waals surface area contributed by atoms with E-state index in [1.165, 1.54) is 4.90 Å². The van der Waals surface area contributed by atoms with Crippen molar-refractivity contribution in [1.82, 2.24) is 10.6 Å². The fraction of sp³-hybridized carbons (Fsp3) is 0.200. The second-order valence-corrected chi connectivity index (χ2v) is 6.45. The van der Waals surface area contributed by atoms with Gasteiger partial charge < -0.3 is 21.1 Å². The van der Waals surface area contributed by atoms with E-state index < -0.39 is 30.5 Å². The molecule has 0 radical (unpaired) electrons. The number of para-hydroxylation sites is 2. The van der Waals surface area contributed by atoms with Gasteiger partial charge in [0.1, 0.15) is 19.1 Å². The molecule has 4 amide bonds. The standard InChI is InChI=1S/C20H20N4O5/c25-17-12-24(16-9-5-4-8-14(16)22-17)20(29)23-15(19(28)21-11-18(26)27)10-13-6-2-1-3-7-13/h1-9,15H,10-12H2,(H,21,28)(H,22,25)(H,23,29)(H,26,27). The lowest BCUT2D eigenvalue weighted by Gasteiger charge is -2.30. The van der Waals surface area contributed by atoms with Gasteiger partial charge in [-0.3, -0.25) is 19.3 Å². The topological polar surface area (TPSA) is 128 Å². The third-order valence-electron chi connectivity index (χ3n) is 4.33. The molecular weight excluding hydrogens is 376 g/mol. The second kappa shape index (κ2) is 8.87. The van der Waals surface area contributed by atoms with Crippen molar-refractivity contribution in [2.75, 3.05) is 23.3 Å². The van der Waals surface area contributed by atoms with Crippen LogP contribution in [0.25, 0.3) is 0 Å². The lowest BCUT2D eigenvalue weighted by Crippen LogP contribution is -2.55. The lowest BCUT2D eigenvalue weighted by atomic mass is 10.1. The molecule has 0 aliphatic carbocycles. The average Bonchev–Trinajstić information content (AvgIpc) is 2.71. The summed E-state index contributed by atoms with van der Waals surface area (Å²) in [6.45, 7) is -0.757. The minimum atomic E-state index is -1.19. The molecule has 1 unspecified atom stereocenters. The van der Waals surface area contributed by atoms with Crippen LogP contribution in [0.4, 0.5) is 16.2 Å². The summed E-state index contributed by atoms with van der Waals surface area (Å²) in [7, 11) is 0. The lowest BCUT2D eigenvalue weighted by molar-refractivity contribution is -0.138. The normalized spacial score (nSPS) is 13.7. The first-order valence-electron chi connectivity index (χ1n) is 8.94. The molecule has 29 heavy (non-hydrogen) atoms. The molecule has 0 fully saturated rings. The maximum atomic E-state index is 12.9. The average molecular weight is 396 g/mol. The second-order valence-electron chi connectivity index (χ2n) is 6.45. The number of hydrogen-bond donors (Lipinski definition) is 4. The van der Waals surface area contributed by atoms with Crippen molar-refractivity contribution < 1.29 is 24.3 Å². The number of aliphatic carboxylic acids is 1. The van der Waals surface area contributed by atoms with Gasteiger partial charge in [-0.15, -0.1) is 0 Å². The van der Waals surface area contributed by atoms with Crippen LogP contribution in [0.15, 0.2) is 54.6 Å². The zero-order valence-corrected chi connectivity index (χ0v) is 15.4. The number of rotatable bonds is 6. The maximum Gasteiger partial charge on any atom is 0.323 e. The summed E-state index contributed by atoms with van der Waals surface area (Å²) in [6.07, 6.45) is 0.166. The van der Waals surface area contributed by atoms with Gasteiger partial charge in [-0.1, -0.05) is 42.5 Å². The Hall–Kier alpha value is -3.88. The third kappa shape index (κ3) is 5.10. The van der Waals surface area contributed by atoms with Crippen molar-refractivity contribution in [2.45, 2.75) is 12.5 Å². The largest absolute Gasteiger partial charge is 0.480 e. The van der Waals surface area contributed by atoms with Crippen molar-refractivity contribution in [2.24, 2.45) is 0 Å². The van der Waals surface area contributed by atoms with Gasteiger partial charge in [-0.2, -0.15) is 0 Å². The molecule has 2 aromatic carbocycles. The first kappa shape index (κ1) is 19.9. The molecule has 0 aromatic heterocycles. The number of carbonyl (C=O) groups excluding carboxylic acids is 3. The highest BCUT2D eigenvalue weighted by Gasteiger charge is 2.30. The number of carbonyl (C=O) groups is 4. The molecular formula is C20H20N4O5. The Morgan fingerprint density at radius 3 is 2.48 bits per heavy atom. The minimum Gasteiger partial charge on any atom is -0.480 e. The summed E-state index contributed by atoms with van der Waals surface area (Å²) in [5, 5.41) is 16.4. The van der Waals surface area contributed by atoms with Gasteiger partial charge in [0.05, 0.1) is 11.4 Å². The van der Waals surface area contributed by atoms with Gasteiger partial charge >= 0.3 is 12.0 Å². The first-order chi connectivity index (χ1) is 13.9. The number of benzene rings is 2. The molecule has 2 aromatic rings. The number of nitrogens with zero attached hydrogens (tertiary/aromatic N) is 1. The molecule has 0 saturated heterocycles. The number of amides is 4. The Morgan fingerprint density at radius 1 is 1.07 bits per heavy atom. The zero-order valence-electron chi connectivity index (χ0n) is 15.4. The zero-order chi connectivity index (χ0) is 20.8. The van der Waals surface area contributed by atoms with Crippen LogP contribution in [0.3, 0.4) is 0 Å². The number of anilines is 2. The Balaban J connectivity index is 1.79. The fourth-order valence-corrected chi connectivity index (χ4v) is 2.99. The number of urea groups is 1. The molecule has 9 heteroatoms. The highest BCUT2D eigenvalue weighted by atomic mass is 16.4. The van der Waals surface area contributed by atoms with Gasteiger partial charge in [0.25, 0.3) is 0 Å². The summed E-state index contributed by atoms with van der Waals surface area (Å²) in [6, 6.07) is 14.2. The SMILES string of the molecule is O=C(O)CNC(=O)C(Cc1ccccc1)NC(=O)N1CC(=O)Nc2ccccc21. The molecule has 150 valence electrons. The number of fused-ring (bicyclic) bond motifs is 1. The molecule has 1 aliphatic heterocycles. The molecule has 1 atom stereocenters. The quantitative estimate of drug-likeness (QED) is 0.578. The van der Waals surface area contributed by atoms with Gasteiger partial charge in [-0.05, 0) is 17.7 Å². The maximum absolute atomic E-state index is 12.9. The highest BCUT2D eigenvalue weighted by molar-refractivity contribution is 6.10. The van der Waals surface area contributed by atoms with Gasteiger partial charge in [0.2, 0.25) is 11.8 Å². The monoisotopic (exact) mass is 396 g/mol. The van der Waals surface area contributed by atoms with Gasteiger partial charge in [0, 0.05) is 6.42 Å². The van der Waals surface area contributed by atoms with E-state index in [4.69, 9.17) is 5.11 Å². The Labute approximate surface area is 166 Å². The molecule has 3 rings (SSSR count). The molecule has 1 heterocycles. The van der Waals surface area contributed by atoms with Crippen LogP contribution in [0.1, 0.15) is 5.56 Å². The van der Waals surface area contributed by atoms with E-state index in [2.05, 4.69) is 16.0 Å². The number of carboxylic acid groups (broad SMARTS) is 1. The third-order valence-corrected chi connectivity index (χ3v) is 4.33. The van der Waals surface area contributed by atoms with Gasteiger partial charge in [-0.25, -0.2) is 4.79 Å². The van der Waals surface area contributed by atoms with Crippen molar-refractivity contribution in [3.63, 3.8) is 0 Å². The summed E-state index contributed by atoms with van der Waals surface area (Å²) in [4.78, 5) is 49.4. The first-order valence-corrected chi connectivity index (χ1v) is 8.94. The van der Waals surface area contributed by atoms with Crippen LogP contribution < -0.4 is 20.9 Å². The van der Waals surface area contributed by atoms with E-state index in [0.29, 0.717) is 11.4 Å². The summed E-state index contributed by atoms with van der Waals surface area (Å²) < 4.78 is 0. The fourth-order valence-electron chi connectivity index (χ4n) is 2.99. The van der Waals surface area contributed by atoms with Crippen LogP contribution in [-0.4, -0.2) is 48.1 Å². The number of hydrogen-bond acceptors (Lipinski definition) is 4. The van der Waals surface area contributed by atoms with Crippen molar-refractivity contribution in [3.8, 4) is 0 Å². The van der Waals surface area contributed by atoms with E-state index in [9.17, 15) is 19.2 Å². The van der Waals surface area contributed by atoms with Crippen molar-refractivity contribution in [1.29, 1.82) is 0 Å². The summed E-state index contributed by atoms with van der Waals surface area (Å²) in [5.74, 6) is -2.17. The van der Waals surface area contributed by atoms with Crippen molar-refractivity contribution in [3.05, 3.63) is 60.2 Å². The van der Waals surface area contributed by atoms with Gasteiger partial charge in [0.15, 0.2) is 0 Å². The predicted molar refractivity (Wildman–Crippen MR) is 106 cm³/mol. The molecule has 0 bridgehead atoms. The van der Waals surface area contributed by atoms with E-state index in [1.807, 2.05) is 6.07 Å². The predicted octanol–water partition coefficient (Wildman–Crippen LogP) is 0.967. The molecule has 9 nitrogen and oxygen atoms in total. The van der Waals surface area contributed by atoms with E-state index in [1.54, 1.807) is 48.5 Å². The van der Waals surface area contributed by atoms with Crippen LogP contribution in [-0.2, 0) is 20.8 Å². The Kier molecular flexibility index (Phi) is 6.08. The van der Waals surface area contributed by atoms with Crippen LogP contribution >= 0.6 is 0 Å². The van der Waals surface area contributed by atoms with Crippen molar-refractivity contribution >= 4 is 35.2 Å². The molecule has 0 spiro atoms. The minimum absolute atomic E-state index is 0.166. The highest BCUT2D eigenvalue weighted by Crippen LogP contribution is 2.28. The smallest absolute Gasteiger partial charge is 0.323 e. The Bertz CT molecular complexity index is 931. The summed E-state index contributed by atoms with van der Waals surface area (Å²) in [5.41, 5.74) is 1.79. The van der Waals surface area contributed by atoms with E-state index in [-0.39, 0.29) is 18.9 Å². The molecule has 1 aliphatic rings. The summed E-state index contributed by atoms with van der Waals surface area (Å²) >= 11 is 0. The van der Waals surface area contributed by atoms with Crippen LogP contribution in [0.2, 0.25) is 0 Å². The van der Waals surface area contributed by atoms with Crippen LogP contribution in [0.5, 0.6) is 0 Å². The Morgan fingerprint density at radius 2 is 1.76 bits per heavy atom. The van der Waals surface area contributed by atoms with E-state index >= 15 is 0 Å². The van der Waals surface area contributed by atoms with E-state index in [0.717, 1.165) is 5.56 Å².